The molecule has 1 aliphatic heterocycles. The molecule has 1 saturated heterocycles. The molecule has 2 N–H and O–H groups in total. The Labute approximate surface area is 124 Å². The Kier molecular flexibility index (Phi) is 3.82. The van der Waals surface area contributed by atoms with Crippen molar-refractivity contribution < 1.29 is 14.3 Å². The van der Waals surface area contributed by atoms with Gasteiger partial charge in [0.15, 0.2) is 0 Å². The molecule has 1 aliphatic carbocycles. The molecule has 2 unspecified atom stereocenters. The van der Waals surface area contributed by atoms with Gasteiger partial charge in [0.1, 0.15) is 5.75 Å². The summed E-state index contributed by atoms with van der Waals surface area (Å²) >= 11 is 0. The number of hydrogen-bond donors (Lipinski definition) is 1. The Morgan fingerprint density at radius 2 is 1.71 bits per heavy atom. The van der Waals surface area contributed by atoms with Crippen molar-refractivity contribution in [3.05, 3.63) is 24.3 Å². The Morgan fingerprint density at radius 3 is 2.33 bits per heavy atom. The summed E-state index contributed by atoms with van der Waals surface area (Å²) in [5.41, 5.74) is 6.30. The van der Waals surface area contributed by atoms with Crippen LogP contribution in [-0.4, -0.2) is 29.9 Å². The zero-order valence-electron chi connectivity index (χ0n) is 12.0. The number of rotatable bonds is 5. The van der Waals surface area contributed by atoms with E-state index in [1.165, 1.54) is 4.90 Å². The zero-order chi connectivity index (χ0) is 14.8. The number of imide groups is 1. The van der Waals surface area contributed by atoms with Gasteiger partial charge in [0, 0.05) is 12.2 Å². The quantitative estimate of drug-likeness (QED) is 0.509. The SMILES string of the molecule is Nc1ccc(OCCCN2C(=O)C3CCCC3C2=O)cc1. The van der Waals surface area contributed by atoms with Gasteiger partial charge in [0.25, 0.3) is 0 Å². The highest BCUT2D eigenvalue weighted by atomic mass is 16.5. The van der Waals surface area contributed by atoms with Crippen LogP contribution in [0.5, 0.6) is 5.75 Å². The summed E-state index contributed by atoms with van der Waals surface area (Å²) < 4.78 is 5.58. The number of fused-ring (bicyclic) bond motifs is 1. The van der Waals surface area contributed by atoms with Crippen molar-refractivity contribution in [3.8, 4) is 5.75 Å². The number of anilines is 1. The van der Waals surface area contributed by atoms with Crippen molar-refractivity contribution >= 4 is 17.5 Å². The van der Waals surface area contributed by atoms with Crippen LogP contribution >= 0.6 is 0 Å². The van der Waals surface area contributed by atoms with E-state index in [0.29, 0.717) is 25.3 Å². The van der Waals surface area contributed by atoms with Gasteiger partial charge < -0.3 is 10.5 Å². The molecule has 1 aromatic rings. The van der Waals surface area contributed by atoms with Gasteiger partial charge in [-0.3, -0.25) is 14.5 Å². The van der Waals surface area contributed by atoms with Crippen LogP contribution in [0.4, 0.5) is 5.69 Å². The molecule has 3 rings (SSSR count). The van der Waals surface area contributed by atoms with Gasteiger partial charge in [-0.05, 0) is 43.5 Å². The number of nitrogen functional groups attached to an aromatic ring is 1. The van der Waals surface area contributed by atoms with E-state index in [1.807, 2.05) is 12.1 Å². The molecule has 0 aromatic heterocycles. The van der Waals surface area contributed by atoms with Crippen LogP contribution in [0, 0.1) is 11.8 Å². The molecule has 5 heteroatoms. The smallest absolute Gasteiger partial charge is 0.233 e. The number of nitrogens with two attached hydrogens (primary N) is 1. The average molecular weight is 288 g/mol. The Balaban J connectivity index is 1.46. The first-order chi connectivity index (χ1) is 10.2. The first kappa shape index (κ1) is 13.9. The third-order valence-electron chi connectivity index (χ3n) is 4.36. The molecule has 2 aliphatic rings. The van der Waals surface area contributed by atoms with Crippen molar-refractivity contribution in [1.82, 2.24) is 4.90 Å². The maximum atomic E-state index is 12.1. The van der Waals surface area contributed by atoms with Gasteiger partial charge in [-0.25, -0.2) is 0 Å². The molecule has 0 bridgehead atoms. The Bertz CT molecular complexity index is 519. The molecular formula is C16H20N2O3. The molecule has 21 heavy (non-hydrogen) atoms. The normalized spacial score (nSPS) is 24.5. The number of amides is 2. The highest BCUT2D eigenvalue weighted by molar-refractivity contribution is 6.05. The monoisotopic (exact) mass is 288 g/mol. The molecule has 2 fully saturated rings. The van der Waals surface area contributed by atoms with Crippen LogP contribution < -0.4 is 10.5 Å². The largest absolute Gasteiger partial charge is 0.494 e. The highest BCUT2D eigenvalue weighted by Crippen LogP contribution is 2.39. The fraction of sp³-hybridized carbons (Fsp3) is 0.500. The summed E-state index contributed by atoms with van der Waals surface area (Å²) in [5, 5.41) is 0. The number of carbonyl (C=O) groups is 2. The van der Waals surface area contributed by atoms with Crippen molar-refractivity contribution in [1.29, 1.82) is 0 Å². The molecule has 1 aromatic carbocycles. The third-order valence-corrected chi connectivity index (χ3v) is 4.36. The minimum absolute atomic E-state index is 0.0231. The zero-order valence-corrected chi connectivity index (χ0v) is 12.0. The number of carbonyl (C=O) groups excluding carboxylic acids is 2. The number of likely N-dealkylation sites (tertiary alicyclic amines) is 1. The molecular weight excluding hydrogens is 268 g/mol. The lowest BCUT2D eigenvalue weighted by molar-refractivity contribution is -0.140. The van der Waals surface area contributed by atoms with E-state index in [4.69, 9.17) is 10.5 Å². The lowest BCUT2D eigenvalue weighted by Gasteiger charge is -2.15. The van der Waals surface area contributed by atoms with Crippen molar-refractivity contribution in [3.63, 3.8) is 0 Å². The summed E-state index contributed by atoms with van der Waals surface area (Å²) in [7, 11) is 0. The predicted molar refractivity (Wildman–Crippen MR) is 78.5 cm³/mol. The first-order valence-corrected chi connectivity index (χ1v) is 7.50. The van der Waals surface area contributed by atoms with Gasteiger partial charge in [0.05, 0.1) is 18.4 Å². The molecule has 2 atom stereocenters. The van der Waals surface area contributed by atoms with Crippen LogP contribution in [0.3, 0.4) is 0 Å². The minimum atomic E-state index is -0.0458. The molecule has 0 spiro atoms. The lowest BCUT2D eigenvalue weighted by atomic mass is 10.00. The number of benzene rings is 1. The lowest BCUT2D eigenvalue weighted by Crippen LogP contribution is -2.33. The van der Waals surface area contributed by atoms with E-state index in [2.05, 4.69) is 0 Å². The molecule has 0 radical (unpaired) electrons. The van der Waals surface area contributed by atoms with E-state index in [-0.39, 0.29) is 23.7 Å². The molecule has 1 heterocycles. The second kappa shape index (κ2) is 5.76. The fourth-order valence-electron chi connectivity index (χ4n) is 3.26. The maximum absolute atomic E-state index is 12.1. The average Bonchev–Trinajstić information content (AvgIpc) is 3.04. The standard InChI is InChI=1S/C16H20N2O3/c17-11-5-7-12(8-6-11)21-10-2-9-18-15(19)13-3-1-4-14(13)16(18)20/h5-8,13-14H,1-4,9-10,17H2. The summed E-state index contributed by atoms with van der Waals surface area (Å²) in [6.45, 7) is 0.940. The number of hydrogen-bond acceptors (Lipinski definition) is 4. The number of ether oxygens (including phenoxy) is 1. The minimum Gasteiger partial charge on any atom is -0.494 e. The van der Waals surface area contributed by atoms with Crippen molar-refractivity contribution in [2.24, 2.45) is 11.8 Å². The first-order valence-electron chi connectivity index (χ1n) is 7.50. The second-order valence-electron chi connectivity index (χ2n) is 5.74. The van der Waals surface area contributed by atoms with E-state index < -0.39 is 0 Å². The van der Waals surface area contributed by atoms with E-state index in [1.54, 1.807) is 12.1 Å². The highest BCUT2D eigenvalue weighted by Gasteiger charge is 2.49. The van der Waals surface area contributed by atoms with Crippen molar-refractivity contribution in [2.45, 2.75) is 25.7 Å². The Hall–Kier alpha value is -2.04. The number of nitrogens with zero attached hydrogens (tertiary/aromatic N) is 1. The van der Waals surface area contributed by atoms with Gasteiger partial charge in [-0.1, -0.05) is 6.42 Å². The van der Waals surface area contributed by atoms with Crippen LogP contribution in [0.25, 0.3) is 0 Å². The molecule has 5 nitrogen and oxygen atoms in total. The van der Waals surface area contributed by atoms with Gasteiger partial charge in [-0.15, -0.1) is 0 Å². The van der Waals surface area contributed by atoms with Crippen LogP contribution in [-0.2, 0) is 9.59 Å². The van der Waals surface area contributed by atoms with Gasteiger partial charge >= 0.3 is 0 Å². The maximum Gasteiger partial charge on any atom is 0.233 e. The van der Waals surface area contributed by atoms with Gasteiger partial charge in [-0.2, -0.15) is 0 Å². The fourth-order valence-corrected chi connectivity index (χ4v) is 3.26. The van der Waals surface area contributed by atoms with Crippen LogP contribution in [0.1, 0.15) is 25.7 Å². The van der Waals surface area contributed by atoms with Gasteiger partial charge in [0.2, 0.25) is 11.8 Å². The third kappa shape index (κ3) is 2.73. The molecule has 112 valence electrons. The Morgan fingerprint density at radius 1 is 1.10 bits per heavy atom. The predicted octanol–water partition coefficient (Wildman–Crippen LogP) is 1.82. The molecule has 1 saturated carbocycles. The van der Waals surface area contributed by atoms with E-state index in [9.17, 15) is 9.59 Å². The summed E-state index contributed by atoms with van der Waals surface area (Å²) in [6, 6.07) is 7.19. The van der Waals surface area contributed by atoms with Crippen LogP contribution in [0.2, 0.25) is 0 Å². The van der Waals surface area contributed by atoms with Crippen LogP contribution in [0.15, 0.2) is 24.3 Å². The molecule has 2 amide bonds. The topological polar surface area (TPSA) is 72.6 Å². The van der Waals surface area contributed by atoms with E-state index >= 15 is 0 Å². The summed E-state index contributed by atoms with van der Waals surface area (Å²) in [4.78, 5) is 25.7. The van der Waals surface area contributed by atoms with Crippen molar-refractivity contribution in [2.75, 3.05) is 18.9 Å². The summed E-state index contributed by atoms with van der Waals surface area (Å²) in [6.07, 6.45) is 3.39. The van der Waals surface area contributed by atoms with E-state index in [0.717, 1.165) is 25.0 Å². The second-order valence-corrected chi connectivity index (χ2v) is 5.74. The summed E-state index contributed by atoms with van der Waals surface area (Å²) in [5.74, 6) is 0.705.